The van der Waals surface area contributed by atoms with Gasteiger partial charge >= 0.3 is 0 Å². The van der Waals surface area contributed by atoms with E-state index in [0.717, 1.165) is 22.0 Å². The Morgan fingerprint density at radius 1 is 1.12 bits per heavy atom. The Kier molecular flexibility index (Phi) is 5.31. The number of aromatic hydroxyl groups is 1. The summed E-state index contributed by atoms with van der Waals surface area (Å²) in [6.45, 7) is 2.43. The molecule has 3 aromatic rings. The van der Waals surface area contributed by atoms with Gasteiger partial charge in [-0.05, 0) is 48.1 Å². The van der Waals surface area contributed by atoms with Gasteiger partial charge in [0.25, 0.3) is 0 Å². The van der Waals surface area contributed by atoms with Crippen LogP contribution in [0.25, 0.3) is 10.9 Å². The number of fused-ring (bicyclic) bond motifs is 1. The van der Waals surface area contributed by atoms with E-state index in [-0.39, 0.29) is 18.2 Å². The molecule has 0 radical (unpaired) electrons. The number of halogens is 1. The molecule has 25 heavy (non-hydrogen) atoms. The van der Waals surface area contributed by atoms with Crippen LogP contribution in [0, 0.1) is 5.82 Å². The Hall–Kier alpha value is -2.44. The fraction of sp³-hybridized carbons (Fsp3) is 0.211. The highest BCUT2D eigenvalue weighted by molar-refractivity contribution is 6.39. The van der Waals surface area contributed by atoms with E-state index in [9.17, 15) is 9.50 Å². The topological polar surface area (TPSA) is 51.6 Å². The molecular formula is C19H19BFNO3. The van der Waals surface area contributed by atoms with Gasteiger partial charge in [-0.25, -0.2) is 14.2 Å². The van der Waals surface area contributed by atoms with Crippen LogP contribution in [0.4, 0.5) is 4.39 Å². The van der Waals surface area contributed by atoms with E-state index in [1.54, 1.807) is 18.3 Å². The van der Waals surface area contributed by atoms with Crippen molar-refractivity contribution in [3.05, 3.63) is 65.1 Å². The molecular weight excluding hydrogens is 320 g/mol. The molecule has 2 aromatic carbocycles. The number of aromatic nitrogens is 1. The number of benzene rings is 2. The summed E-state index contributed by atoms with van der Waals surface area (Å²) >= 11 is 0. The Morgan fingerprint density at radius 3 is 2.60 bits per heavy atom. The molecule has 0 saturated heterocycles. The minimum Gasteiger partial charge on any atom is -0.505 e. The summed E-state index contributed by atoms with van der Waals surface area (Å²) in [6, 6.07) is 10.3. The highest BCUT2D eigenvalue weighted by Gasteiger charge is 2.12. The van der Waals surface area contributed by atoms with E-state index in [4.69, 9.17) is 9.78 Å². The lowest BCUT2D eigenvalue weighted by molar-refractivity contribution is -0.300. The Morgan fingerprint density at radius 2 is 1.88 bits per heavy atom. The first-order chi connectivity index (χ1) is 12.1. The van der Waals surface area contributed by atoms with Crippen LogP contribution < -0.4 is 5.46 Å². The van der Waals surface area contributed by atoms with Crippen molar-refractivity contribution in [1.82, 2.24) is 4.98 Å². The van der Waals surface area contributed by atoms with Gasteiger partial charge in [-0.3, -0.25) is 4.98 Å². The lowest BCUT2D eigenvalue weighted by Gasteiger charge is -2.12. The molecule has 0 aliphatic rings. The Labute approximate surface area is 146 Å². The molecule has 1 heterocycles. The second kappa shape index (κ2) is 7.63. The summed E-state index contributed by atoms with van der Waals surface area (Å²) in [5.41, 5.74) is 4.18. The minimum atomic E-state index is -0.247. The summed E-state index contributed by atoms with van der Waals surface area (Å²) in [7, 11) is 1.97. The number of phenolic OH excluding ortho intramolecular Hbond substituents is 1. The number of hydrogen-bond acceptors (Lipinski definition) is 4. The average molecular weight is 339 g/mol. The first kappa shape index (κ1) is 17.4. The summed E-state index contributed by atoms with van der Waals surface area (Å²) in [5.74, 6) is -0.142. The SMILES string of the molecule is Bc1cc(COOCC)c(O)c2ncc(Cc3ccc(F)cc3)cc12. The van der Waals surface area contributed by atoms with E-state index in [1.807, 2.05) is 26.9 Å². The number of rotatable bonds is 6. The van der Waals surface area contributed by atoms with Gasteiger partial charge in [-0.15, -0.1) is 0 Å². The highest BCUT2D eigenvalue weighted by atomic mass is 19.1. The van der Waals surface area contributed by atoms with E-state index in [1.165, 1.54) is 12.1 Å². The van der Waals surface area contributed by atoms with Crippen molar-refractivity contribution < 1.29 is 19.3 Å². The van der Waals surface area contributed by atoms with Crippen LogP contribution in [0.15, 0.2) is 42.6 Å². The maximum absolute atomic E-state index is 13.0. The first-order valence-electron chi connectivity index (χ1n) is 8.17. The van der Waals surface area contributed by atoms with Gasteiger partial charge in [0.2, 0.25) is 0 Å². The van der Waals surface area contributed by atoms with Gasteiger partial charge in [0.05, 0.1) is 6.61 Å². The normalized spacial score (nSPS) is 11.1. The molecule has 1 N–H and O–H groups in total. The molecule has 0 bridgehead atoms. The van der Waals surface area contributed by atoms with Crippen LogP contribution in [-0.4, -0.2) is 24.5 Å². The third-order valence-corrected chi connectivity index (χ3v) is 4.03. The van der Waals surface area contributed by atoms with E-state index < -0.39 is 0 Å². The van der Waals surface area contributed by atoms with Crippen LogP contribution in [0.5, 0.6) is 5.75 Å². The van der Waals surface area contributed by atoms with Crippen LogP contribution >= 0.6 is 0 Å². The van der Waals surface area contributed by atoms with E-state index in [2.05, 4.69) is 4.98 Å². The quantitative estimate of drug-likeness (QED) is 0.324. The molecule has 0 atom stereocenters. The monoisotopic (exact) mass is 339 g/mol. The zero-order valence-electron chi connectivity index (χ0n) is 14.3. The van der Waals surface area contributed by atoms with Crippen molar-refractivity contribution in [2.45, 2.75) is 20.0 Å². The van der Waals surface area contributed by atoms with Gasteiger partial charge < -0.3 is 5.11 Å². The lowest BCUT2D eigenvalue weighted by Crippen LogP contribution is -2.09. The van der Waals surface area contributed by atoms with Crippen molar-refractivity contribution in [2.24, 2.45) is 0 Å². The maximum Gasteiger partial charge on any atom is 0.147 e. The predicted octanol–water partition coefficient (Wildman–Crippen LogP) is 2.40. The number of phenols is 1. The molecule has 0 amide bonds. The van der Waals surface area contributed by atoms with Crippen molar-refractivity contribution >= 4 is 24.2 Å². The lowest BCUT2D eigenvalue weighted by atomic mass is 9.88. The molecule has 0 aliphatic carbocycles. The number of hydrogen-bond donors (Lipinski definition) is 1. The van der Waals surface area contributed by atoms with Gasteiger partial charge in [-0.1, -0.05) is 23.7 Å². The zero-order valence-corrected chi connectivity index (χ0v) is 14.3. The molecule has 6 heteroatoms. The largest absolute Gasteiger partial charge is 0.505 e. The molecule has 0 spiro atoms. The average Bonchev–Trinajstić information content (AvgIpc) is 2.61. The summed E-state index contributed by atoms with van der Waals surface area (Å²) in [6.07, 6.45) is 2.39. The Balaban J connectivity index is 1.91. The van der Waals surface area contributed by atoms with Crippen LogP contribution in [0.1, 0.15) is 23.6 Å². The molecule has 0 unspecified atom stereocenters. The van der Waals surface area contributed by atoms with Gasteiger partial charge in [0, 0.05) is 11.8 Å². The summed E-state index contributed by atoms with van der Waals surface area (Å²) in [5, 5.41) is 11.3. The van der Waals surface area contributed by atoms with Crippen LogP contribution in [0.3, 0.4) is 0 Å². The third-order valence-electron chi connectivity index (χ3n) is 4.03. The van der Waals surface area contributed by atoms with Crippen LogP contribution in [-0.2, 0) is 22.8 Å². The maximum atomic E-state index is 13.0. The molecule has 4 nitrogen and oxygen atoms in total. The second-order valence-electron chi connectivity index (χ2n) is 5.91. The zero-order chi connectivity index (χ0) is 17.8. The fourth-order valence-corrected chi connectivity index (χ4v) is 2.79. The summed E-state index contributed by atoms with van der Waals surface area (Å²) < 4.78 is 13.0. The van der Waals surface area contributed by atoms with E-state index in [0.29, 0.717) is 24.1 Å². The Bertz CT molecular complexity index is 884. The van der Waals surface area contributed by atoms with Crippen molar-refractivity contribution in [2.75, 3.05) is 6.61 Å². The molecule has 1 aromatic heterocycles. The third kappa shape index (κ3) is 3.98. The number of pyridine rings is 1. The molecule has 0 fully saturated rings. The van der Waals surface area contributed by atoms with E-state index >= 15 is 0 Å². The van der Waals surface area contributed by atoms with Gasteiger partial charge in [-0.2, -0.15) is 0 Å². The van der Waals surface area contributed by atoms with Crippen LogP contribution in [0.2, 0.25) is 0 Å². The first-order valence-corrected chi connectivity index (χ1v) is 8.17. The second-order valence-corrected chi connectivity index (χ2v) is 5.91. The number of nitrogens with zero attached hydrogens (tertiary/aromatic N) is 1. The molecule has 128 valence electrons. The van der Waals surface area contributed by atoms with Crippen molar-refractivity contribution in [3.8, 4) is 5.75 Å². The predicted molar refractivity (Wildman–Crippen MR) is 97.2 cm³/mol. The molecule has 0 aliphatic heterocycles. The van der Waals surface area contributed by atoms with Crippen molar-refractivity contribution in [3.63, 3.8) is 0 Å². The smallest absolute Gasteiger partial charge is 0.147 e. The molecule has 3 rings (SSSR count). The minimum absolute atomic E-state index is 0.105. The highest BCUT2D eigenvalue weighted by Crippen LogP contribution is 2.27. The fourth-order valence-electron chi connectivity index (χ4n) is 2.79. The summed E-state index contributed by atoms with van der Waals surface area (Å²) in [4.78, 5) is 14.4. The van der Waals surface area contributed by atoms with Gasteiger partial charge in [0.1, 0.15) is 31.5 Å². The van der Waals surface area contributed by atoms with Crippen molar-refractivity contribution in [1.29, 1.82) is 0 Å². The standard InChI is InChI=1S/C19H19BFNO3/c1-2-24-25-11-14-9-17(20)16-8-13(10-22-18(16)19(14)23)7-12-3-5-15(21)6-4-12/h3-6,8-10,23H,2,7,11,20H2,1H3. The molecule has 0 saturated carbocycles. The van der Waals surface area contributed by atoms with Gasteiger partial charge in [0.15, 0.2) is 0 Å².